The summed E-state index contributed by atoms with van der Waals surface area (Å²) in [5, 5.41) is 8.82. The molecule has 0 fully saturated rings. The Morgan fingerprint density at radius 3 is 2.92 bits per heavy atom. The van der Waals surface area contributed by atoms with Crippen molar-refractivity contribution in [3.8, 4) is 17.5 Å². The van der Waals surface area contributed by atoms with Crippen molar-refractivity contribution in [3.63, 3.8) is 0 Å². The number of hydrogen-bond donors (Lipinski definition) is 1. The van der Waals surface area contributed by atoms with E-state index in [1.807, 2.05) is 18.2 Å². The van der Waals surface area contributed by atoms with E-state index in [1.165, 1.54) is 0 Å². The third-order valence-electron chi connectivity index (χ3n) is 1.75. The van der Waals surface area contributed by atoms with Crippen molar-refractivity contribution < 1.29 is 0 Å². The fourth-order valence-corrected chi connectivity index (χ4v) is 1.15. The smallest absolute Gasteiger partial charge is 0.139 e. The molecular formula is C10H6N3. The Hall–Kier alpha value is -2.08. The normalized spacial score (nSPS) is 9.46. The quantitative estimate of drug-likeness (QED) is 0.705. The molecule has 1 aromatic heterocycles. The third kappa shape index (κ3) is 1.30. The molecule has 0 saturated heterocycles. The fraction of sp³-hybridized carbons (Fsp3) is 0. The summed E-state index contributed by atoms with van der Waals surface area (Å²) in [6.45, 7) is 0. The largest absolute Gasteiger partial charge is 0.344 e. The molecule has 3 heteroatoms. The van der Waals surface area contributed by atoms with Gasteiger partial charge in [0.1, 0.15) is 12.0 Å². The summed E-state index contributed by atoms with van der Waals surface area (Å²) < 4.78 is 0. The second kappa shape index (κ2) is 3.11. The van der Waals surface area contributed by atoms with Gasteiger partial charge < -0.3 is 4.98 Å². The third-order valence-corrected chi connectivity index (χ3v) is 1.75. The lowest BCUT2D eigenvalue weighted by atomic mass is 10.1. The van der Waals surface area contributed by atoms with Gasteiger partial charge in [0.25, 0.3) is 0 Å². The lowest BCUT2D eigenvalue weighted by molar-refractivity contribution is 1.30. The number of benzene rings is 1. The topological polar surface area (TPSA) is 52.5 Å². The maximum atomic E-state index is 8.82. The predicted molar refractivity (Wildman–Crippen MR) is 47.6 cm³/mol. The lowest BCUT2D eigenvalue weighted by Gasteiger charge is -1.97. The van der Waals surface area contributed by atoms with Crippen LogP contribution in [0.3, 0.4) is 0 Å². The van der Waals surface area contributed by atoms with E-state index in [0.717, 1.165) is 5.56 Å². The molecule has 3 nitrogen and oxygen atoms in total. The average Bonchev–Trinajstić information content (AvgIpc) is 2.70. The zero-order valence-electron chi connectivity index (χ0n) is 6.78. The highest BCUT2D eigenvalue weighted by atomic mass is 14.9. The van der Waals surface area contributed by atoms with Crippen molar-refractivity contribution in [2.75, 3.05) is 0 Å². The van der Waals surface area contributed by atoms with Crippen LogP contribution < -0.4 is 0 Å². The first-order chi connectivity index (χ1) is 6.42. The van der Waals surface area contributed by atoms with Gasteiger partial charge in [-0.2, -0.15) is 5.26 Å². The van der Waals surface area contributed by atoms with Gasteiger partial charge in [0.05, 0.1) is 11.6 Å². The van der Waals surface area contributed by atoms with Gasteiger partial charge in [0.2, 0.25) is 0 Å². The summed E-state index contributed by atoms with van der Waals surface area (Å²) in [4.78, 5) is 6.87. The molecule has 1 aromatic carbocycles. The average molecular weight is 168 g/mol. The van der Waals surface area contributed by atoms with Crippen molar-refractivity contribution in [2.24, 2.45) is 0 Å². The minimum Gasteiger partial charge on any atom is -0.344 e. The molecule has 0 spiro atoms. The summed E-state index contributed by atoms with van der Waals surface area (Å²) in [5.74, 6) is 0.678. The Labute approximate surface area is 75.7 Å². The molecular weight excluding hydrogens is 162 g/mol. The summed E-state index contributed by atoms with van der Waals surface area (Å²) in [5.41, 5.74) is 1.43. The molecule has 0 saturated carbocycles. The Balaban J connectivity index is 2.59. The Bertz CT molecular complexity index is 437. The highest BCUT2D eigenvalue weighted by Gasteiger charge is 2.04. The molecule has 0 aliphatic carbocycles. The maximum absolute atomic E-state index is 8.82. The molecule has 0 aliphatic heterocycles. The molecule has 0 unspecified atom stereocenters. The molecule has 0 bridgehead atoms. The van der Waals surface area contributed by atoms with E-state index < -0.39 is 0 Å². The number of nitriles is 1. The Kier molecular flexibility index (Phi) is 1.81. The zero-order valence-corrected chi connectivity index (χ0v) is 6.78. The van der Waals surface area contributed by atoms with Crippen molar-refractivity contribution in [2.45, 2.75) is 0 Å². The number of hydrogen-bond acceptors (Lipinski definition) is 2. The fourth-order valence-electron chi connectivity index (χ4n) is 1.15. The van der Waals surface area contributed by atoms with Gasteiger partial charge in [-0.05, 0) is 12.1 Å². The van der Waals surface area contributed by atoms with E-state index in [1.54, 1.807) is 12.3 Å². The van der Waals surface area contributed by atoms with Crippen molar-refractivity contribution in [1.82, 2.24) is 9.97 Å². The van der Waals surface area contributed by atoms with Gasteiger partial charge in [-0.15, -0.1) is 0 Å². The lowest BCUT2D eigenvalue weighted by Crippen LogP contribution is -1.84. The maximum Gasteiger partial charge on any atom is 0.139 e. The second-order valence-corrected chi connectivity index (χ2v) is 2.54. The van der Waals surface area contributed by atoms with Gasteiger partial charge in [-0.3, -0.25) is 0 Å². The van der Waals surface area contributed by atoms with Gasteiger partial charge >= 0.3 is 0 Å². The predicted octanol–water partition coefficient (Wildman–Crippen LogP) is 1.75. The first-order valence-corrected chi connectivity index (χ1v) is 3.83. The number of H-pyrrole nitrogens is 1. The zero-order chi connectivity index (χ0) is 9.10. The number of aromatic amines is 1. The van der Waals surface area contributed by atoms with Gasteiger partial charge in [0.15, 0.2) is 0 Å². The summed E-state index contributed by atoms with van der Waals surface area (Å²) in [6.07, 6.45) is 4.28. The van der Waals surface area contributed by atoms with Crippen LogP contribution in [0.25, 0.3) is 11.4 Å². The van der Waals surface area contributed by atoms with Crippen LogP contribution in [-0.4, -0.2) is 9.97 Å². The Morgan fingerprint density at radius 2 is 2.23 bits per heavy atom. The van der Waals surface area contributed by atoms with Crippen LogP contribution in [0.1, 0.15) is 5.56 Å². The molecule has 1 heterocycles. The minimum absolute atomic E-state index is 0.617. The standard InChI is InChI=1S/C10H6N3/c11-7-8-3-1-2-4-9(8)10-12-5-6-13-10/h1-5H,(H,12,13). The monoisotopic (exact) mass is 168 g/mol. The van der Waals surface area contributed by atoms with E-state index in [0.29, 0.717) is 11.4 Å². The van der Waals surface area contributed by atoms with Crippen LogP contribution in [0.5, 0.6) is 0 Å². The Morgan fingerprint density at radius 1 is 1.38 bits per heavy atom. The first kappa shape index (κ1) is 7.56. The molecule has 0 aliphatic rings. The number of rotatable bonds is 1. The molecule has 1 radical (unpaired) electrons. The first-order valence-electron chi connectivity index (χ1n) is 3.83. The van der Waals surface area contributed by atoms with E-state index in [9.17, 15) is 0 Å². The van der Waals surface area contributed by atoms with Gasteiger partial charge in [-0.25, -0.2) is 4.98 Å². The highest BCUT2D eigenvalue weighted by Crippen LogP contribution is 2.18. The summed E-state index contributed by atoms with van der Waals surface area (Å²) in [6, 6.07) is 9.43. The van der Waals surface area contributed by atoms with Crippen LogP contribution in [0.15, 0.2) is 30.5 Å². The molecule has 61 valence electrons. The van der Waals surface area contributed by atoms with Crippen molar-refractivity contribution >= 4 is 0 Å². The van der Waals surface area contributed by atoms with E-state index in [2.05, 4.69) is 22.2 Å². The number of imidazole rings is 1. The number of nitrogens with one attached hydrogen (secondary N) is 1. The van der Waals surface area contributed by atoms with Gasteiger partial charge in [0, 0.05) is 11.8 Å². The van der Waals surface area contributed by atoms with E-state index in [-0.39, 0.29) is 0 Å². The second-order valence-electron chi connectivity index (χ2n) is 2.54. The van der Waals surface area contributed by atoms with Crippen molar-refractivity contribution in [3.05, 3.63) is 42.2 Å². The van der Waals surface area contributed by atoms with Crippen LogP contribution in [0.4, 0.5) is 0 Å². The highest BCUT2D eigenvalue weighted by molar-refractivity contribution is 5.63. The molecule has 13 heavy (non-hydrogen) atoms. The van der Waals surface area contributed by atoms with Crippen LogP contribution in [0, 0.1) is 17.5 Å². The van der Waals surface area contributed by atoms with E-state index in [4.69, 9.17) is 5.26 Å². The minimum atomic E-state index is 0.617. The molecule has 2 rings (SSSR count). The molecule has 0 atom stereocenters. The summed E-state index contributed by atoms with van der Waals surface area (Å²) in [7, 11) is 0. The number of aromatic nitrogens is 2. The van der Waals surface area contributed by atoms with Crippen LogP contribution in [-0.2, 0) is 0 Å². The SMILES string of the molecule is N#Cc1ccccc1-c1n[c]c[nH]1. The molecule has 0 amide bonds. The van der Waals surface area contributed by atoms with Crippen molar-refractivity contribution in [1.29, 1.82) is 5.26 Å². The molecule has 2 aromatic rings. The van der Waals surface area contributed by atoms with Crippen LogP contribution >= 0.6 is 0 Å². The van der Waals surface area contributed by atoms with E-state index >= 15 is 0 Å². The molecule has 1 N–H and O–H groups in total. The summed E-state index contributed by atoms with van der Waals surface area (Å²) >= 11 is 0. The van der Waals surface area contributed by atoms with Gasteiger partial charge in [-0.1, -0.05) is 12.1 Å². The van der Waals surface area contributed by atoms with Crippen LogP contribution in [0.2, 0.25) is 0 Å². The number of nitrogens with zero attached hydrogens (tertiary/aromatic N) is 2.